The molecule has 1 N–H and O–H groups in total. The highest BCUT2D eigenvalue weighted by molar-refractivity contribution is 7.13. The van der Waals surface area contributed by atoms with E-state index in [4.69, 9.17) is 0 Å². The van der Waals surface area contributed by atoms with Gasteiger partial charge in [-0.1, -0.05) is 31.1 Å². The van der Waals surface area contributed by atoms with Gasteiger partial charge in [0.1, 0.15) is 0 Å². The molecule has 18 heavy (non-hydrogen) atoms. The van der Waals surface area contributed by atoms with E-state index in [1.54, 1.807) is 6.07 Å². The lowest BCUT2D eigenvalue weighted by Crippen LogP contribution is -2.25. The molecule has 1 aliphatic carbocycles. The fourth-order valence-corrected chi connectivity index (χ4v) is 3.23. The topological polar surface area (TPSA) is 55.2 Å². The maximum Gasteiger partial charge on any atom is 0.324 e. The smallest absolute Gasteiger partial charge is 0.312 e. The number of rotatable bonds is 5. The SMILES string of the molecule is CC1CCC(CNCc2csc([N+](=O)[O-])c2)CC1. The highest BCUT2D eigenvalue weighted by Gasteiger charge is 2.17. The van der Waals surface area contributed by atoms with Gasteiger partial charge in [0.2, 0.25) is 0 Å². The highest BCUT2D eigenvalue weighted by atomic mass is 32.1. The zero-order valence-electron chi connectivity index (χ0n) is 10.7. The second kappa shape index (κ2) is 6.29. The van der Waals surface area contributed by atoms with E-state index in [2.05, 4.69) is 12.2 Å². The number of nitro groups is 1. The molecule has 0 aliphatic heterocycles. The van der Waals surface area contributed by atoms with Crippen molar-refractivity contribution in [2.45, 2.75) is 39.2 Å². The van der Waals surface area contributed by atoms with Crippen LogP contribution < -0.4 is 5.32 Å². The Bertz CT molecular complexity index is 397. The van der Waals surface area contributed by atoms with Crippen molar-refractivity contribution in [2.24, 2.45) is 11.8 Å². The summed E-state index contributed by atoms with van der Waals surface area (Å²) in [5.41, 5.74) is 1.02. The maximum atomic E-state index is 10.6. The van der Waals surface area contributed by atoms with Crippen LogP contribution in [-0.2, 0) is 6.54 Å². The Morgan fingerprint density at radius 2 is 2.17 bits per heavy atom. The zero-order valence-corrected chi connectivity index (χ0v) is 11.5. The summed E-state index contributed by atoms with van der Waals surface area (Å²) >= 11 is 1.20. The molecule has 1 fully saturated rings. The van der Waals surface area contributed by atoms with Crippen LogP contribution in [0.15, 0.2) is 11.4 Å². The Kier molecular flexibility index (Phi) is 4.72. The summed E-state index contributed by atoms with van der Waals surface area (Å²) in [5.74, 6) is 1.68. The van der Waals surface area contributed by atoms with Gasteiger partial charge in [-0.2, -0.15) is 0 Å². The Balaban J connectivity index is 1.70. The van der Waals surface area contributed by atoms with Crippen molar-refractivity contribution in [3.05, 3.63) is 27.1 Å². The summed E-state index contributed by atoms with van der Waals surface area (Å²) < 4.78 is 0. The second-order valence-electron chi connectivity index (χ2n) is 5.31. The summed E-state index contributed by atoms with van der Waals surface area (Å²) in [6.07, 6.45) is 5.32. The number of nitrogens with zero attached hydrogens (tertiary/aromatic N) is 1. The summed E-state index contributed by atoms with van der Waals surface area (Å²) in [5, 5.41) is 16.1. The van der Waals surface area contributed by atoms with E-state index in [9.17, 15) is 10.1 Å². The van der Waals surface area contributed by atoms with Crippen LogP contribution >= 0.6 is 11.3 Å². The van der Waals surface area contributed by atoms with Gasteiger partial charge in [0.25, 0.3) is 0 Å². The molecular weight excluding hydrogens is 248 g/mol. The first-order valence-corrected chi connectivity index (χ1v) is 7.45. The third-order valence-electron chi connectivity index (χ3n) is 3.72. The summed E-state index contributed by atoms with van der Waals surface area (Å²) in [6.45, 7) is 4.11. The van der Waals surface area contributed by atoms with Gasteiger partial charge in [-0.15, -0.1) is 0 Å². The van der Waals surface area contributed by atoms with Crippen LogP contribution in [-0.4, -0.2) is 11.5 Å². The average Bonchev–Trinajstić information content (AvgIpc) is 2.81. The van der Waals surface area contributed by atoms with Gasteiger partial charge in [-0.05, 0) is 36.8 Å². The van der Waals surface area contributed by atoms with Crippen molar-refractivity contribution in [1.29, 1.82) is 0 Å². The molecule has 2 rings (SSSR count). The van der Waals surface area contributed by atoms with Gasteiger partial charge in [0.05, 0.1) is 4.92 Å². The Labute approximate surface area is 112 Å². The molecule has 1 aliphatic rings. The maximum absolute atomic E-state index is 10.6. The number of thiophene rings is 1. The normalized spacial score (nSPS) is 24.1. The van der Waals surface area contributed by atoms with E-state index in [1.165, 1.54) is 37.0 Å². The minimum Gasteiger partial charge on any atom is -0.312 e. The molecule has 0 amide bonds. The molecule has 1 saturated carbocycles. The predicted octanol–water partition coefficient (Wildman–Crippen LogP) is 3.57. The minimum atomic E-state index is -0.323. The van der Waals surface area contributed by atoms with Gasteiger partial charge >= 0.3 is 5.00 Å². The molecular formula is C13H20N2O2S. The van der Waals surface area contributed by atoms with Gasteiger partial charge in [-0.25, -0.2) is 0 Å². The molecule has 0 unspecified atom stereocenters. The largest absolute Gasteiger partial charge is 0.324 e. The summed E-state index contributed by atoms with van der Waals surface area (Å²) in [7, 11) is 0. The molecule has 0 saturated heterocycles. The average molecular weight is 268 g/mol. The lowest BCUT2D eigenvalue weighted by Gasteiger charge is -2.26. The van der Waals surface area contributed by atoms with Crippen molar-refractivity contribution in [3.8, 4) is 0 Å². The van der Waals surface area contributed by atoms with E-state index in [0.29, 0.717) is 0 Å². The first-order valence-electron chi connectivity index (χ1n) is 6.57. The standard InChI is InChI=1S/C13H20N2O2S/c1-10-2-4-11(5-3-10)7-14-8-12-6-13(15(16)17)18-9-12/h6,9-11,14H,2-5,7-8H2,1H3. The van der Waals surface area contributed by atoms with Crippen LogP contribution in [0.25, 0.3) is 0 Å². The van der Waals surface area contributed by atoms with Crippen LogP contribution in [0.2, 0.25) is 0 Å². The summed E-state index contributed by atoms with van der Waals surface area (Å²) in [4.78, 5) is 10.2. The number of hydrogen-bond donors (Lipinski definition) is 1. The third-order valence-corrected chi connectivity index (χ3v) is 4.65. The summed E-state index contributed by atoms with van der Waals surface area (Å²) in [6, 6.07) is 1.67. The molecule has 0 radical (unpaired) electrons. The molecule has 1 aromatic heterocycles. The van der Waals surface area contributed by atoms with Crippen LogP contribution in [0.3, 0.4) is 0 Å². The van der Waals surface area contributed by atoms with Gasteiger partial charge < -0.3 is 5.32 Å². The first-order chi connectivity index (χ1) is 8.65. The molecule has 0 spiro atoms. The quantitative estimate of drug-likeness (QED) is 0.656. The second-order valence-corrected chi connectivity index (χ2v) is 6.20. The fraction of sp³-hybridized carbons (Fsp3) is 0.692. The van der Waals surface area contributed by atoms with Crippen molar-refractivity contribution < 1.29 is 4.92 Å². The van der Waals surface area contributed by atoms with E-state index in [0.717, 1.165) is 30.5 Å². The molecule has 5 heteroatoms. The Morgan fingerprint density at radius 3 is 2.78 bits per heavy atom. The third kappa shape index (κ3) is 3.78. The van der Waals surface area contributed by atoms with Crippen LogP contribution in [0.1, 0.15) is 38.2 Å². The van der Waals surface area contributed by atoms with Gasteiger partial charge in [0.15, 0.2) is 0 Å². The molecule has 0 bridgehead atoms. The number of nitrogens with one attached hydrogen (secondary N) is 1. The first kappa shape index (κ1) is 13.5. The molecule has 100 valence electrons. The Hall–Kier alpha value is -0.940. The minimum absolute atomic E-state index is 0.235. The molecule has 1 aromatic rings. The monoisotopic (exact) mass is 268 g/mol. The van der Waals surface area contributed by atoms with Gasteiger partial charge in [0, 0.05) is 18.0 Å². The van der Waals surface area contributed by atoms with E-state index in [-0.39, 0.29) is 9.92 Å². The van der Waals surface area contributed by atoms with E-state index < -0.39 is 0 Å². The van der Waals surface area contributed by atoms with Crippen molar-refractivity contribution in [1.82, 2.24) is 5.32 Å². The predicted molar refractivity (Wildman–Crippen MR) is 73.8 cm³/mol. The Morgan fingerprint density at radius 1 is 1.44 bits per heavy atom. The van der Waals surface area contributed by atoms with E-state index >= 15 is 0 Å². The number of hydrogen-bond acceptors (Lipinski definition) is 4. The molecule has 0 aromatic carbocycles. The van der Waals surface area contributed by atoms with Crippen LogP contribution in [0.4, 0.5) is 5.00 Å². The van der Waals surface area contributed by atoms with Crippen molar-refractivity contribution in [3.63, 3.8) is 0 Å². The van der Waals surface area contributed by atoms with Crippen LogP contribution in [0.5, 0.6) is 0 Å². The van der Waals surface area contributed by atoms with E-state index in [1.807, 2.05) is 5.38 Å². The zero-order chi connectivity index (χ0) is 13.0. The molecule has 4 nitrogen and oxygen atoms in total. The van der Waals surface area contributed by atoms with Gasteiger partial charge in [-0.3, -0.25) is 10.1 Å². The lowest BCUT2D eigenvalue weighted by atomic mass is 9.83. The molecule has 0 atom stereocenters. The lowest BCUT2D eigenvalue weighted by molar-refractivity contribution is -0.380. The highest BCUT2D eigenvalue weighted by Crippen LogP contribution is 2.28. The van der Waals surface area contributed by atoms with Crippen molar-refractivity contribution >= 4 is 16.3 Å². The molecule has 1 heterocycles. The van der Waals surface area contributed by atoms with Crippen molar-refractivity contribution in [2.75, 3.05) is 6.54 Å². The fourth-order valence-electron chi connectivity index (χ4n) is 2.51. The van der Waals surface area contributed by atoms with Crippen LogP contribution in [0, 0.1) is 22.0 Å².